The molecule has 2 aromatic carbocycles. The minimum absolute atomic E-state index is 0.0664. The van der Waals surface area contributed by atoms with Gasteiger partial charge in [-0.1, -0.05) is 24.3 Å². The highest BCUT2D eigenvalue weighted by molar-refractivity contribution is 5.96. The van der Waals surface area contributed by atoms with Gasteiger partial charge >= 0.3 is 0 Å². The Morgan fingerprint density at radius 3 is 2.29 bits per heavy atom. The predicted molar refractivity (Wildman–Crippen MR) is 81.8 cm³/mol. The molecule has 0 fully saturated rings. The van der Waals surface area contributed by atoms with E-state index in [1.807, 2.05) is 36.4 Å². The van der Waals surface area contributed by atoms with Gasteiger partial charge in [0.15, 0.2) is 0 Å². The van der Waals surface area contributed by atoms with Gasteiger partial charge in [0.05, 0.1) is 19.8 Å². The van der Waals surface area contributed by atoms with Crippen molar-refractivity contribution in [2.24, 2.45) is 0 Å². The maximum Gasteiger partial charge on any atom is 0.257 e. The van der Waals surface area contributed by atoms with Gasteiger partial charge in [-0.05, 0) is 29.8 Å². The van der Waals surface area contributed by atoms with Crippen molar-refractivity contribution in [3.8, 4) is 11.5 Å². The molecule has 0 atom stereocenters. The van der Waals surface area contributed by atoms with Gasteiger partial charge in [-0.15, -0.1) is 0 Å². The van der Waals surface area contributed by atoms with Crippen LogP contribution in [-0.4, -0.2) is 32.1 Å². The van der Waals surface area contributed by atoms with Gasteiger partial charge in [0.2, 0.25) is 0 Å². The average Bonchev–Trinajstić information content (AvgIpc) is 2.54. The minimum atomic E-state index is -0.0664. The van der Waals surface area contributed by atoms with Crippen molar-refractivity contribution in [3.63, 3.8) is 0 Å². The van der Waals surface area contributed by atoms with E-state index >= 15 is 0 Å². The SMILES string of the molecule is COc1ccc(CN(C)C(=O)c2ccccc2OC)cc1. The zero-order chi connectivity index (χ0) is 15.2. The number of carbonyl (C=O) groups is 1. The predicted octanol–water partition coefficient (Wildman–Crippen LogP) is 2.98. The zero-order valence-corrected chi connectivity index (χ0v) is 12.5. The highest BCUT2D eigenvalue weighted by atomic mass is 16.5. The number of rotatable bonds is 5. The standard InChI is InChI=1S/C17H19NO3/c1-18(12-13-8-10-14(20-2)11-9-13)17(19)15-6-4-5-7-16(15)21-3/h4-11H,12H2,1-3H3. The summed E-state index contributed by atoms with van der Waals surface area (Å²) in [4.78, 5) is 14.1. The van der Waals surface area contributed by atoms with Crippen LogP contribution in [0.15, 0.2) is 48.5 Å². The van der Waals surface area contributed by atoms with E-state index in [0.717, 1.165) is 11.3 Å². The first kappa shape index (κ1) is 14.9. The number of amides is 1. The van der Waals surface area contributed by atoms with Crippen LogP contribution in [0.5, 0.6) is 11.5 Å². The van der Waals surface area contributed by atoms with Crippen LogP contribution in [0.2, 0.25) is 0 Å². The molecule has 0 aliphatic heterocycles. The summed E-state index contributed by atoms with van der Waals surface area (Å²) < 4.78 is 10.4. The fourth-order valence-corrected chi connectivity index (χ4v) is 2.10. The highest BCUT2D eigenvalue weighted by Crippen LogP contribution is 2.20. The highest BCUT2D eigenvalue weighted by Gasteiger charge is 2.16. The molecular weight excluding hydrogens is 266 g/mol. The Labute approximate surface area is 124 Å². The Morgan fingerprint density at radius 1 is 1.00 bits per heavy atom. The molecule has 0 N–H and O–H groups in total. The molecule has 110 valence electrons. The Morgan fingerprint density at radius 2 is 1.67 bits per heavy atom. The van der Waals surface area contributed by atoms with Gasteiger partial charge in [0, 0.05) is 13.6 Å². The molecular formula is C17H19NO3. The molecule has 4 heteroatoms. The van der Waals surface area contributed by atoms with Crippen molar-refractivity contribution in [3.05, 3.63) is 59.7 Å². The van der Waals surface area contributed by atoms with Crippen molar-refractivity contribution in [1.82, 2.24) is 4.90 Å². The quantitative estimate of drug-likeness (QED) is 0.847. The number of hydrogen-bond acceptors (Lipinski definition) is 3. The summed E-state index contributed by atoms with van der Waals surface area (Å²) in [6.45, 7) is 0.529. The number of carbonyl (C=O) groups excluding carboxylic acids is 1. The molecule has 0 saturated carbocycles. The molecule has 0 saturated heterocycles. The molecule has 2 aromatic rings. The van der Waals surface area contributed by atoms with E-state index in [1.165, 1.54) is 0 Å². The summed E-state index contributed by atoms with van der Waals surface area (Å²) in [5, 5.41) is 0. The van der Waals surface area contributed by atoms with Crippen LogP contribution in [0, 0.1) is 0 Å². The molecule has 1 amide bonds. The van der Waals surface area contributed by atoms with Crippen molar-refractivity contribution in [2.45, 2.75) is 6.54 Å². The summed E-state index contributed by atoms with van der Waals surface area (Å²) in [7, 11) is 4.97. The third-order valence-corrected chi connectivity index (χ3v) is 3.26. The van der Waals surface area contributed by atoms with Crippen molar-refractivity contribution < 1.29 is 14.3 Å². The van der Waals surface area contributed by atoms with Crippen molar-refractivity contribution in [1.29, 1.82) is 0 Å². The van der Waals surface area contributed by atoms with E-state index < -0.39 is 0 Å². The Hall–Kier alpha value is -2.49. The Bertz CT molecular complexity index is 608. The second-order valence-corrected chi connectivity index (χ2v) is 4.71. The third kappa shape index (κ3) is 3.54. The van der Waals surface area contributed by atoms with E-state index in [1.54, 1.807) is 38.3 Å². The van der Waals surface area contributed by atoms with Crippen LogP contribution in [-0.2, 0) is 6.54 Å². The van der Waals surface area contributed by atoms with Gasteiger partial charge in [-0.2, -0.15) is 0 Å². The molecule has 2 rings (SSSR count). The summed E-state index contributed by atoms with van der Waals surface area (Å²) in [5.74, 6) is 1.32. The summed E-state index contributed by atoms with van der Waals surface area (Å²) >= 11 is 0. The van der Waals surface area contributed by atoms with Crippen LogP contribution in [0.4, 0.5) is 0 Å². The molecule has 0 aromatic heterocycles. The first-order valence-corrected chi connectivity index (χ1v) is 6.67. The van der Waals surface area contributed by atoms with E-state index in [0.29, 0.717) is 17.9 Å². The maximum atomic E-state index is 12.5. The van der Waals surface area contributed by atoms with Gasteiger partial charge in [-0.3, -0.25) is 4.79 Å². The molecule has 0 heterocycles. The Kier molecular flexibility index (Phi) is 4.82. The monoisotopic (exact) mass is 285 g/mol. The van der Waals surface area contributed by atoms with E-state index in [9.17, 15) is 4.79 Å². The molecule has 0 spiro atoms. The van der Waals surface area contributed by atoms with Gasteiger partial charge in [-0.25, -0.2) is 0 Å². The molecule has 0 aliphatic carbocycles. The number of ether oxygens (including phenoxy) is 2. The van der Waals surface area contributed by atoms with Crippen LogP contribution in [0.1, 0.15) is 15.9 Å². The fourth-order valence-electron chi connectivity index (χ4n) is 2.10. The summed E-state index contributed by atoms with van der Waals surface area (Å²) in [5.41, 5.74) is 1.61. The topological polar surface area (TPSA) is 38.8 Å². The van der Waals surface area contributed by atoms with Crippen LogP contribution >= 0.6 is 0 Å². The zero-order valence-electron chi connectivity index (χ0n) is 12.5. The maximum absolute atomic E-state index is 12.5. The van der Waals surface area contributed by atoms with E-state index in [2.05, 4.69) is 0 Å². The second kappa shape index (κ2) is 6.79. The summed E-state index contributed by atoms with van der Waals surface area (Å²) in [6, 6.07) is 14.9. The largest absolute Gasteiger partial charge is 0.497 e. The van der Waals surface area contributed by atoms with Crippen LogP contribution in [0.3, 0.4) is 0 Å². The first-order chi connectivity index (χ1) is 10.2. The lowest BCUT2D eigenvalue weighted by Gasteiger charge is -2.19. The smallest absolute Gasteiger partial charge is 0.257 e. The second-order valence-electron chi connectivity index (χ2n) is 4.71. The first-order valence-electron chi connectivity index (χ1n) is 6.67. The minimum Gasteiger partial charge on any atom is -0.497 e. The van der Waals surface area contributed by atoms with Crippen molar-refractivity contribution >= 4 is 5.91 Å². The number of para-hydroxylation sites is 1. The van der Waals surface area contributed by atoms with Gasteiger partial charge in [0.25, 0.3) is 5.91 Å². The molecule has 0 bridgehead atoms. The normalized spacial score (nSPS) is 10.0. The molecule has 4 nitrogen and oxygen atoms in total. The average molecular weight is 285 g/mol. The van der Waals surface area contributed by atoms with Crippen molar-refractivity contribution in [2.75, 3.05) is 21.3 Å². The van der Waals surface area contributed by atoms with Gasteiger partial charge < -0.3 is 14.4 Å². The summed E-state index contributed by atoms with van der Waals surface area (Å²) in [6.07, 6.45) is 0. The fraction of sp³-hybridized carbons (Fsp3) is 0.235. The number of hydrogen-bond donors (Lipinski definition) is 0. The lowest BCUT2D eigenvalue weighted by molar-refractivity contribution is 0.0781. The number of methoxy groups -OCH3 is 2. The van der Waals surface area contributed by atoms with Gasteiger partial charge in [0.1, 0.15) is 11.5 Å². The number of nitrogens with zero attached hydrogens (tertiary/aromatic N) is 1. The Balaban J connectivity index is 2.11. The van der Waals surface area contributed by atoms with Crippen LogP contribution < -0.4 is 9.47 Å². The molecule has 0 radical (unpaired) electrons. The van der Waals surface area contributed by atoms with Crippen LogP contribution in [0.25, 0.3) is 0 Å². The van der Waals surface area contributed by atoms with E-state index in [4.69, 9.17) is 9.47 Å². The molecule has 0 unspecified atom stereocenters. The lowest BCUT2D eigenvalue weighted by atomic mass is 10.1. The molecule has 0 aliphatic rings. The van der Waals surface area contributed by atoms with E-state index in [-0.39, 0.29) is 5.91 Å². The lowest BCUT2D eigenvalue weighted by Crippen LogP contribution is -2.26. The number of benzene rings is 2. The molecule has 21 heavy (non-hydrogen) atoms. The third-order valence-electron chi connectivity index (χ3n) is 3.26.